The van der Waals surface area contributed by atoms with Crippen LogP contribution in [0.4, 0.5) is 15.8 Å². The number of carbonyl (C=O) groups is 1. The van der Waals surface area contributed by atoms with Crippen LogP contribution in [0.15, 0.2) is 36.5 Å². The number of aromatic nitrogens is 2. The molecule has 0 saturated carbocycles. The highest BCUT2D eigenvalue weighted by atomic mass is 35.5. The van der Waals surface area contributed by atoms with Gasteiger partial charge in [0.2, 0.25) is 0 Å². The van der Waals surface area contributed by atoms with Crippen molar-refractivity contribution in [2.45, 2.75) is 26.7 Å². The number of hydrogen-bond donors (Lipinski definition) is 1. The van der Waals surface area contributed by atoms with Gasteiger partial charge in [-0.25, -0.2) is 14.4 Å². The monoisotopic (exact) mass is 448 g/mol. The molecule has 0 bridgehead atoms. The summed E-state index contributed by atoms with van der Waals surface area (Å²) in [4.78, 5) is 24.1. The lowest BCUT2D eigenvalue weighted by molar-refractivity contribution is 0.0684. The van der Waals surface area contributed by atoms with E-state index < -0.39 is 5.82 Å². The summed E-state index contributed by atoms with van der Waals surface area (Å²) < 4.78 is 13.6. The Morgan fingerprint density at radius 3 is 2.83 bits per heavy atom. The van der Waals surface area contributed by atoms with Crippen LogP contribution in [0.2, 0.25) is 5.02 Å². The van der Waals surface area contributed by atoms with Gasteiger partial charge in [-0.15, -0.1) is 12.4 Å². The molecule has 0 radical (unpaired) electrons. The molecule has 1 atom stereocenters. The van der Waals surface area contributed by atoms with Crippen LogP contribution in [0.1, 0.15) is 35.8 Å². The van der Waals surface area contributed by atoms with Crippen LogP contribution in [0.25, 0.3) is 11.0 Å². The van der Waals surface area contributed by atoms with Gasteiger partial charge in [0, 0.05) is 36.1 Å². The first-order chi connectivity index (χ1) is 13.9. The fourth-order valence-electron chi connectivity index (χ4n) is 3.73. The van der Waals surface area contributed by atoms with E-state index >= 15 is 0 Å². The summed E-state index contributed by atoms with van der Waals surface area (Å²) in [5, 5.41) is 4.00. The molecule has 4 rings (SSSR count). The largest absolute Gasteiger partial charge is 0.354 e. The minimum Gasteiger partial charge on any atom is -0.354 e. The third kappa shape index (κ3) is 4.50. The van der Waals surface area contributed by atoms with Gasteiger partial charge in [-0.05, 0) is 56.0 Å². The van der Waals surface area contributed by atoms with Gasteiger partial charge in [-0.2, -0.15) is 0 Å². The third-order valence-electron chi connectivity index (χ3n) is 5.23. The Morgan fingerprint density at radius 2 is 2.10 bits per heavy atom. The molecule has 2 aromatic heterocycles. The second kappa shape index (κ2) is 9.14. The standard InChI is InChI=1S/C22H22ClFN4O.ClH/c1-13-4-3-9-28(12-13)22(29)17-11-25-21-16(7-5-14(2)26-21)20(17)27-15-6-8-19(24)18(23)10-15;/h5-8,10-11,13H,3-4,9,12H2,1-2H3,(H,25,26,27);1H. The number of carbonyl (C=O) groups excluding carboxylic acids is 1. The first-order valence-electron chi connectivity index (χ1n) is 9.70. The Hall–Kier alpha value is -2.44. The van der Waals surface area contributed by atoms with Crippen molar-refractivity contribution < 1.29 is 9.18 Å². The number of fused-ring (bicyclic) bond motifs is 1. The maximum atomic E-state index is 13.6. The predicted octanol–water partition coefficient (Wildman–Crippen LogP) is 5.77. The first kappa shape index (κ1) is 22.2. The van der Waals surface area contributed by atoms with Crippen molar-refractivity contribution >= 4 is 52.3 Å². The lowest BCUT2D eigenvalue weighted by Crippen LogP contribution is -2.39. The van der Waals surface area contributed by atoms with Crippen molar-refractivity contribution in [3.05, 3.63) is 58.6 Å². The molecular formula is C22H23Cl2FN4O. The summed E-state index contributed by atoms with van der Waals surface area (Å²) in [6, 6.07) is 8.16. The van der Waals surface area contributed by atoms with E-state index in [1.807, 2.05) is 24.0 Å². The highest BCUT2D eigenvalue weighted by molar-refractivity contribution is 6.31. The molecule has 30 heavy (non-hydrogen) atoms. The van der Waals surface area contributed by atoms with Gasteiger partial charge in [-0.1, -0.05) is 18.5 Å². The zero-order valence-electron chi connectivity index (χ0n) is 16.8. The average molecular weight is 449 g/mol. The molecule has 3 heterocycles. The van der Waals surface area contributed by atoms with E-state index in [9.17, 15) is 9.18 Å². The third-order valence-corrected chi connectivity index (χ3v) is 5.52. The molecule has 1 amide bonds. The molecule has 3 aromatic rings. The Kier molecular flexibility index (Phi) is 6.78. The number of hydrogen-bond acceptors (Lipinski definition) is 4. The van der Waals surface area contributed by atoms with Crippen LogP contribution >= 0.6 is 24.0 Å². The SMILES string of the molecule is Cc1ccc2c(Nc3ccc(F)c(Cl)c3)c(C(=O)N3CCCC(C)C3)cnc2n1.Cl. The molecule has 1 fully saturated rings. The number of nitrogens with one attached hydrogen (secondary N) is 1. The van der Waals surface area contributed by atoms with Crippen molar-refractivity contribution in [3.63, 3.8) is 0 Å². The van der Waals surface area contributed by atoms with Gasteiger partial charge >= 0.3 is 0 Å². The van der Waals surface area contributed by atoms with Gasteiger partial charge in [-0.3, -0.25) is 4.79 Å². The highest BCUT2D eigenvalue weighted by Gasteiger charge is 2.25. The summed E-state index contributed by atoms with van der Waals surface area (Å²) in [5.41, 5.74) is 3.05. The van der Waals surface area contributed by atoms with E-state index in [1.165, 1.54) is 12.1 Å². The van der Waals surface area contributed by atoms with E-state index in [0.29, 0.717) is 28.5 Å². The first-order valence-corrected chi connectivity index (χ1v) is 10.1. The number of rotatable bonds is 3. The molecule has 1 aliphatic rings. The maximum absolute atomic E-state index is 13.6. The van der Waals surface area contributed by atoms with E-state index in [-0.39, 0.29) is 23.3 Å². The zero-order valence-corrected chi connectivity index (χ0v) is 18.4. The topological polar surface area (TPSA) is 58.1 Å². The van der Waals surface area contributed by atoms with Crippen molar-refractivity contribution in [1.29, 1.82) is 0 Å². The van der Waals surface area contributed by atoms with Gasteiger partial charge in [0.15, 0.2) is 5.65 Å². The minimum atomic E-state index is -0.493. The number of nitrogens with zero attached hydrogens (tertiary/aromatic N) is 3. The van der Waals surface area contributed by atoms with E-state index in [4.69, 9.17) is 11.6 Å². The van der Waals surface area contributed by atoms with Crippen LogP contribution in [0.5, 0.6) is 0 Å². The van der Waals surface area contributed by atoms with Crippen molar-refractivity contribution in [2.24, 2.45) is 5.92 Å². The van der Waals surface area contributed by atoms with Crippen LogP contribution in [0.3, 0.4) is 0 Å². The summed E-state index contributed by atoms with van der Waals surface area (Å²) >= 11 is 5.94. The maximum Gasteiger partial charge on any atom is 0.257 e. The smallest absolute Gasteiger partial charge is 0.257 e. The number of aryl methyl sites for hydroxylation is 1. The summed E-state index contributed by atoms with van der Waals surface area (Å²) in [5.74, 6) is -0.0901. The molecule has 1 unspecified atom stereocenters. The van der Waals surface area contributed by atoms with Gasteiger partial charge in [0.25, 0.3) is 5.91 Å². The molecule has 1 saturated heterocycles. The molecule has 0 spiro atoms. The molecule has 158 valence electrons. The molecule has 1 N–H and O–H groups in total. The molecular weight excluding hydrogens is 426 g/mol. The van der Waals surface area contributed by atoms with Gasteiger partial charge in [0.1, 0.15) is 5.82 Å². The molecule has 0 aliphatic carbocycles. The van der Waals surface area contributed by atoms with Gasteiger partial charge < -0.3 is 10.2 Å². The fourth-order valence-corrected chi connectivity index (χ4v) is 3.91. The highest BCUT2D eigenvalue weighted by Crippen LogP contribution is 2.31. The van der Waals surface area contributed by atoms with E-state index in [0.717, 1.165) is 37.0 Å². The van der Waals surface area contributed by atoms with Crippen molar-refractivity contribution in [3.8, 4) is 0 Å². The van der Waals surface area contributed by atoms with E-state index in [1.54, 1.807) is 12.3 Å². The molecule has 8 heteroatoms. The van der Waals surface area contributed by atoms with Gasteiger partial charge in [0.05, 0.1) is 16.3 Å². The minimum absolute atomic E-state index is 0. The molecule has 1 aromatic carbocycles. The quantitative estimate of drug-likeness (QED) is 0.552. The Balaban J connectivity index is 0.00000256. The van der Waals surface area contributed by atoms with Crippen LogP contribution < -0.4 is 5.32 Å². The predicted molar refractivity (Wildman–Crippen MR) is 121 cm³/mol. The summed E-state index contributed by atoms with van der Waals surface area (Å²) in [6.07, 6.45) is 3.69. The second-order valence-electron chi connectivity index (χ2n) is 7.62. The summed E-state index contributed by atoms with van der Waals surface area (Å²) in [6.45, 7) is 5.51. The second-order valence-corrected chi connectivity index (χ2v) is 8.03. The number of amides is 1. The number of halogens is 3. The Morgan fingerprint density at radius 1 is 1.30 bits per heavy atom. The number of benzene rings is 1. The number of likely N-dealkylation sites (tertiary alicyclic amines) is 1. The average Bonchev–Trinajstić information content (AvgIpc) is 2.70. The number of anilines is 2. The number of piperidine rings is 1. The molecule has 5 nitrogen and oxygen atoms in total. The van der Waals surface area contributed by atoms with Crippen LogP contribution in [0, 0.1) is 18.7 Å². The van der Waals surface area contributed by atoms with Crippen LogP contribution in [-0.2, 0) is 0 Å². The van der Waals surface area contributed by atoms with Crippen molar-refractivity contribution in [2.75, 3.05) is 18.4 Å². The normalized spacial score (nSPS) is 16.3. The molecule has 1 aliphatic heterocycles. The Bertz CT molecular complexity index is 1090. The lowest BCUT2D eigenvalue weighted by Gasteiger charge is -2.31. The van der Waals surface area contributed by atoms with Crippen LogP contribution in [-0.4, -0.2) is 33.9 Å². The van der Waals surface area contributed by atoms with E-state index in [2.05, 4.69) is 22.2 Å². The fraction of sp³-hybridized carbons (Fsp3) is 0.318. The Labute approximate surface area is 186 Å². The number of pyridine rings is 2. The van der Waals surface area contributed by atoms with Crippen molar-refractivity contribution in [1.82, 2.24) is 14.9 Å². The zero-order chi connectivity index (χ0) is 20.5. The summed E-state index contributed by atoms with van der Waals surface area (Å²) in [7, 11) is 0. The lowest BCUT2D eigenvalue weighted by atomic mass is 9.99.